The van der Waals surface area contributed by atoms with Gasteiger partial charge in [-0.2, -0.15) is 11.3 Å². The SMILES string of the molecule is COc1ccccc1CCC(=O)N1CCC(Oc2cccc(CN(C)Cc3ccsc3)c2)CC1. The molecule has 1 aromatic heterocycles. The first-order valence-electron chi connectivity index (χ1n) is 12.0. The van der Waals surface area contributed by atoms with E-state index in [0.29, 0.717) is 12.8 Å². The van der Waals surface area contributed by atoms with Gasteiger partial charge in [0, 0.05) is 45.4 Å². The molecule has 180 valence electrons. The van der Waals surface area contributed by atoms with Gasteiger partial charge in [-0.1, -0.05) is 30.3 Å². The summed E-state index contributed by atoms with van der Waals surface area (Å²) in [6.07, 6.45) is 3.09. The highest BCUT2D eigenvalue weighted by Crippen LogP contribution is 2.23. The molecular weight excluding hydrogens is 444 g/mol. The summed E-state index contributed by atoms with van der Waals surface area (Å²) >= 11 is 1.74. The topological polar surface area (TPSA) is 42.0 Å². The van der Waals surface area contributed by atoms with Crippen LogP contribution in [0.15, 0.2) is 65.4 Å². The third-order valence-corrected chi connectivity index (χ3v) is 7.01. The monoisotopic (exact) mass is 478 g/mol. The molecular formula is C28H34N2O3S. The van der Waals surface area contributed by atoms with Gasteiger partial charge in [-0.05, 0) is 65.2 Å². The lowest BCUT2D eigenvalue weighted by Crippen LogP contribution is -2.41. The predicted octanol–water partition coefficient (Wildman–Crippen LogP) is 5.39. The van der Waals surface area contributed by atoms with Crippen molar-refractivity contribution in [1.82, 2.24) is 9.80 Å². The smallest absolute Gasteiger partial charge is 0.222 e. The third-order valence-electron chi connectivity index (χ3n) is 6.28. The van der Waals surface area contributed by atoms with Crippen molar-refractivity contribution in [3.63, 3.8) is 0 Å². The van der Waals surface area contributed by atoms with Crippen molar-refractivity contribution in [3.8, 4) is 11.5 Å². The van der Waals surface area contributed by atoms with Crippen LogP contribution in [0.5, 0.6) is 11.5 Å². The Hall–Kier alpha value is -2.83. The van der Waals surface area contributed by atoms with Gasteiger partial charge in [-0.15, -0.1) is 0 Å². The standard InChI is InChI=1S/C28H34N2O3S/c1-29(20-23-14-17-34-21-23)19-22-6-5-8-26(18-22)33-25-12-15-30(16-13-25)28(31)11-10-24-7-3-4-9-27(24)32-2/h3-9,14,17-18,21,25H,10-13,15-16,19-20H2,1-2H3. The lowest BCUT2D eigenvalue weighted by atomic mass is 10.0. The van der Waals surface area contributed by atoms with Crippen LogP contribution in [-0.4, -0.2) is 49.1 Å². The van der Waals surface area contributed by atoms with Crippen LogP contribution in [0.4, 0.5) is 0 Å². The maximum Gasteiger partial charge on any atom is 0.222 e. The van der Waals surface area contributed by atoms with E-state index in [-0.39, 0.29) is 12.0 Å². The summed E-state index contributed by atoms with van der Waals surface area (Å²) in [7, 11) is 3.82. The van der Waals surface area contributed by atoms with Crippen LogP contribution in [-0.2, 0) is 24.3 Å². The van der Waals surface area contributed by atoms with Crippen LogP contribution < -0.4 is 9.47 Å². The first-order valence-corrected chi connectivity index (χ1v) is 12.9. The molecule has 0 N–H and O–H groups in total. The number of carbonyl (C=O) groups is 1. The number of likely N-dealkylation sites (tertiary alicyclic amines) is 1. The van der Waals surface area contributed by atoms with Crippen molar-refractivity contribution < 1.29 is 14.3 Å². The minimum atomic E-state index is 0.150. The van der Waals surface area contributed by atoms with Gasteiger partial charge in [0.05, 0.1) is 7.11 Å². The van der Waals surface area contributed by atoms with Gasteiger partial charge >= 0.3 is 0 Å². The van der Waals surface area contributed by atoms with Gasteiger partial charge in [-0.25, -0.2) is 0 Å². The molecule has 0 aliphatic carbocycles. The second-order valence-electron chi connectivity index (χ2n) is 8.96. The Bertz CT molecular complexity index is 1050. The second-order valence-corrected chi connectivity index (χ2v) is 9.74. The number of aryl methyl sites for hydroxylation is 1. The molecule has 1 saturated heterocycles. The van der Waals surface area contributed by atoms with Crippen LogP contribution in [0.2, 0.25) is 0 Å². The quantitative estimate of drug-likeness (QED) is 0.392. The van der Waals surface area contributed by atoms with E-state index < -0.39 is 0 Å². The summed E-state index contributed by atoms with van der Waals surface area (Å²) in [6.45, 7) is 3.32. The van der Waals surface area contributed by atoms with E-state index in [1.165, 1.54) is 11.1 Å². The van der Waals surface area contributed by atoms with Crippen molar-refractivity contribution in [2.24, 2.45) is 0 Å². The van der Waals surface area contributed by atoms with Crippen LogP contribution in [0.25, 0.3) is 0 Å². The molecule has 0 unspecified atom stereocenters. The number of ether oxygens (including phenoxy) is 2. The Labute approximate surface area is 206 Å². The summed E-state index contributed by atoms with van der Waals surface area (Å²) in [4.78, 5) is 17.0. The van der Waals surface area contributed by atoms with Crippen LogP contribution in [0, 0.1) is 0 Å². The number of thiophene rings is 1. The lowest BCUT2D eigenvalue weighted by molar-refractivity contribution is -0.132. The summed E-state index contributed by atoms with van der Waals surface area (Å²) in [5.41, 5.74) is 3.68. The van der Waals surface area contributed by atoms with Crippen LogP contribution in [0.1, 0.15) is 36.0 Å². The second kappa shape index (κ2) is 12.0. The third kappa shape index (κ3) is 6.84. The first kappa shape index (κ1) is 24.3. The lowest BCUT2D eigenvalue weighted by Gasteiger charge is -2.32. The highest BCUT2D eigenvalue weighted by molar-refractivity contribution is 7.07. The Morgan fingerprint density at radius 2 is 1.85 bits per heavy atom. The van der Waals surface area contributed by atoms with Crippen LogP contribution >= 0.6 is 11.3 Å². The van der Waals surface area contributed by atoms with Crippen molar-refractivity contribution >= 4 is 17.2 Å². The summed E-state index contributed by atoms with van der Waals surface area (Å²) < 4.78 is 11.7. The number of hydrogen-bond acceptors (Lipinski definition) is 5. The zero-order valence-electron chi connectivity index (χ0n) is 20.1. The summed E-state index contributed by atoms with van der Waals surface area (Å²) in [5.74, 6) is 1.98. The summed E-state index contributed by atoms with van der Waals surface area (Å²) in [6, 6.07) is 18.5. The number of methoxy groups -OCH3 is 1. The molecule has 3 aromatic rings. The fraction of sp³-hybridized carbons (Fsp3) is 0.393. The summed E-state index contributed by atoms with van der Waals surface area (Å²) in [5, 5.41) is 4.32. The number of amides is 1. The van der Waals surface area contributed by atoms with E-state index >= 15 is 0 Å². The predicted molar refractivity (Wildman–Crippen MR) is 137 cm³/mol. The molecule has 1 fully saturated rings. The van der Waals surface area contributed by atoms with Crippen molar-refractivity contribution in [3.05, 3.63) is 82.0 Å². The number of para-hydroxylation sites is 1. The average molecular weight is 479 g/mol. The first-order chi connectivity index (χ1) is 16.6. The fourth-order valence-corrected chi connectivity index (χ4v) is 5.16. The number of carbonyl (C=O) groups excluding carboxylic acids is 1. The Kier molecular flexibility index (Phi) is 8.61. The Morgan fingerprint density at radius 3 is 2.62 bits per heavy atom. The van der Waals surface area contributed by atoms with E-state index in [0.717, 1.165) is 56.1 Å². The molecule has 5 nitrogen and oxygen atoms in total. The van der Waals surface area contributed by atoms with Gasteiger partial charge in [0.25, 0.3) is 0 Å². The van der Waals surface area contributed by atoms with E-state index in [9.17, 15) is 4.79 Å². The molecule has 0 bridgehead atoms. The van der Waals surface area contributed by atoms with E-state index in [4.69, 9.17) is 9.47 Å². The van der Waals surface area contributed by atoms with E-state index in [2.05, 4.69) is 47.0 Å². The molecule has 6 heteroatoms. The van der Waals surface area contributed by atoms with Crippen LogP contribution in [0.3, 0.4) is 0 Å². The largest absolute Gasteiger partial charge is 0.496 e. The van der Waals surface area contributed by atoms with Gasteiger partial charge in [0.2, 0.25) is 5.91 Å². The maximum atomic E-state index is 12.7. The van der Waals surface area contributed by atoms with Crippen molar-refractivity contribution in [1.29, 1.82) is 0 Å². The molecule has 4 rings (SSSR count). The number of rotatable bonds is 10. The zero-order chi connectivity index (χ0) is 23.8. The molecule has 0 radical (unpaired) electrons. The molecule has 2 aromatic carbocycles. The van der Waals surface area contributed by atoms with E-state index in [1.807, 2.05) is 35.2 Å². The molecule has 0 saturated carbocycles. The number of nitrogens with zero attached hydrogens (tertiary/aromatic N) is 2. The average Bonchev–Trinajstić information content (AvgIpc) is 3.36. The molecule has 1 amide bonds. The highest BCUT2D eigenvalue weighted by Gasteiger charge is 2.24. The Balaban J connectivity index is 1.22. The van der Waals surface area contributed by atoms with Gasteiger partial charge in [-0.3, -0.25) is 9.69 Å². The molecule has 34 heavy (non-hydrogen) atoms. The molecule has 0 atom stereocenters. The van der Waals surface area contributed by atoms with Gasteiger partial charge in [0.1, 0.15) is 17.6 Å². The molecule has 2 heterocycles. The minimum Gasteiger partial charge on any atom is -0.496 e. The minimum absolute atomic E-state index is 0.150. The molecule has 1 aliphatic rings. The van der Waals surface area contributed by atoms with Crippen molar-refractivity contribution in [2.45, 2.75) is 44.9 Å². The Morgan fingerprint density at radius 1 is 1.06 bits per heavy atom. The maximum absolute atomic E-state index is 12.7. The van der Waals surface area contributed by atoms with Gasteiger partial charge in [0.15, 0.2) is 0 Å². The van der Waals surface area contributed by atoms with Crippen molar-refractivity contribution in [2.75, 3.05) is 27.2 Å². The highest BCUT2D eigenvalue weighted by atomic mass is 32.1. The van der Waals surface area contributed by atoms with E-state index in [1.54, 1.807) is 18.4 Å². The number of benzene rings is 2. The fourth-order valence-electron chi connectivity index (χ4n) is 4.50. The number of piperidine rings is 1. The molecule has 1 aliphatic heterocycles. The van der Waals surface area contributed by atoms with Gasteiger partial charge < -0.3 is 14.4 Å². The molecule has 0 spiro atoms. The number of hydrogen-bond donors (Lipinski definition) is 0. The zero-order valence-corrected chi connectivity index (χ0v) is 20.9. The normalized spacial score (nSPS) is 14.4.